The lowest BCUT2D eigenvalue weighted by molar-refractivity contribution is 0.0635. The minimum Gasteiger partial charge on any atom is -0.481 e. The molecule has 0 fully saturated rings. The van der Waals surface area contributed by atoms with Gasteiger partial charge in [-0.05, 0) is 20.8 Å². The van der Waals surface area contributed by atoms with Crippen LogP contribution in [0.5, 0.6) is 11.8 Å². The number of nitrogens with one attached hydrogen (secondary N) is 1. The summed E-state index contributed by atoms with van der Waals surface area (Å²) in [5, 5.41) is 2.45. The molecule has 0 aliphatic carbocycles. The maximum Gasteiger partial charge on any atom is 0.412 e. The molecule has 1 aromatic heterocycles. The monoisotopic (exact) mass is 282 g/mol. The molecule has 1 N–H and O–H groups in total. The maximum absolute atomic E-state index is 11.8. The molecule has 7 nitrogen and oxygen atoms in total. The number of nitrogens with zero attached hydrogens (tertiary/aromatic N) is 1. The number of hydrogen-bond acceptors (Lipinski definition) is 6. The molecule has 7 heteroatoms. The zero-order valence-corrected chi connectivity index (χ0v) is 12.1. The molecule has 0 radical (unpaired) electrons. The molecule has 0 atom stereocenters. The van der Waals surface area contributed by atoms with E-state index in [0.717, 1.165) is 0 Å². The summed E-state index contributed by atoms with van der Waals surface area (Å²) in [6.45, 7) is 5.20. The number of hydrogen-bond donors (Lipinski definition) is 1. The highest BCUT2D eigenvalue weighted by atomic mass is 16.6. The normalized spacial score (nSPS) is 10.7. The molecule has 0 spiro atoms. The lowest BCUT2D eigenvalue weighted by atomic mass is 10.2. The summed E-state index contributed by atoms with van der Waals surface area (Å²) in [5.41, 5.74) is -0.337. The van der Waals surface area contributed by atoms with Gasteiger partial charge in [0.2, 0.25) is 11.8 Å². The number of aromatic nitrogens is 1. The number of ether oxygens (including phenoxy) is 3. The number of rotatable bonds is 4. The van der Waals surface area contributed by atoms with Crippen LogP contribution in [0.1, 0.15) is 31.1 Å². The number of carbonyl (C=O) groups excluding carboxylic acids is 2. The van der Waals surface area contributed by atoms with Crippen molar-refractivity contribution in [3.8, 4) is 11.8 Å². The van der Waals surface area contributed by atoms with Gasteiger partial charge in [0, 0.05) is 11.6 Å². The van der Waals surface area contributed by atoms with Crippen LogP contribution >= 0.6 is 0 Å². The minimum atomic E-state index is -0.703. The Kier molecular flexibility index (Phi) is 4.90. The Morgan fingerprint density at radius 2 is 1.95 bits per heavy atom. The Labute approximate surface area is 117 Å². The van der Waals surface area contributed by atoms with Crippen LogP contribution in [0.3, 0.4) is 0 Å². The van der Waals surface area contributed by atoms with E-state index in [1.165, 1.54) is 20.3 Å². The summed E-state index contributed by atoms with van der Waals surface area (Å²) < 4.78 is 15.1. The fraction of sp³-hybridized carbons (Fsp3) is 0.462. The second-order valence-corrected chi connectivity index (χ2v) is 4.88. The van der Waals surface area contributed by atoms with E-state index in [4.69, 9.17) is 14.2 Å². The van der Waals surface area contributed by atoms with Gasteiger partial charge in [0.25, 0.3) is 0 Å². The molecule has 1 aromatic rings. The highest BCUT2D eigenvalue weighted by molar-refractivity contribution is 5.95. The number of aldehydes is 1. The molecule has 0 aliphatic rings. The molecule has 0 saturated carbocycles. The largest absolute Gasteiger partial charge is 0.481 e. The van der Waals surface area contributed by atoms with Crippen LogP contribution in [0.2, 0.25) is 0 Å². The van der Waals surface area contributed by atoms with E-state index >= 15 is 0 Å². The Morgan fingerprint density at radius 3 is 2.40 bits per heavy atom. The summed E-state index contributed by atoms with van der Waals surface area (Å²) in [5.74, 6) is 0.274. The zero-order valence-electron chi connectivity index (χ0n) is 12.1. The Hall–Kier alpha value is -2.31. The van der Waals surface area contributed by atoms with Crippen LogP contribution in [-0.4, -0.2) is 37.2 Å². The molecule has 0 bridgehead atoms. The van der Waals surface area contributed by atoms with E-state index in [1.807, 2.05) is 0 Å². The standard InChI is InChI=1S/C13H18N2O5/c1-13(2,3)20-12(17)15-10-8(7-16)6-9(18-4)14-11(10)19-5/h6-7H,1-5H3,(H,15,17). The SMILES string of the molecule is COc1cc(C=O)c(NC(=O)OC(C)(C)C)c(OC)n1. The van der Waals surface area contributed by atoms with Crippen molar-refractivity contribution in [2.24, 2.45) is 0 Å². The number of pyridine rings is 1. The van der Waals surface area contributed by atoms with E-state index < -0.39 is 11.7 Å². The van der Waals surface area contributed by atoms with Gasteiger partial charge in [0.1, 0.15) is 11.3 Å². The van der Waals surface area contributed by atoms with Crippen LogP contribution in [0.15, 0.2) is 6.07 Å². The van der Waals surface area contributed by atoms with Crippen molar-refractivity contribution < 1.29 is 23.8 Å². The molecule has 0 aliphatic heterocycles. The van der Waals surface area contributed by atoms with Crippen LogP contribution < -0.4 is 14.8 Å². The van der Waals surface area contributed by atoms with Crippen LogP contribution in [-0.2, 0) is 4.74 Å². The number of amides is 1. The van der Waals surface area contributed by atoms with Gasteiger partial charge in [0.15, 0.2) is 6.29 Å². The summed E-state index contributed by atoms with van der Waals surface area (Å²) in [7, 11) is 2.79. The first-order valence-corrected chi connectivity index (χ1v) is 5.89. The van der Waals surface area contributed by atoms with Crippen LogP contribution in [0, 0.1) is 0 Å². The fourth-order valence-corrected chi connectivity index (χ4v) is 1.39. The molecule has 20 heavy (non-hydrogen) atoms. The van der Waals surface area contributed by atoms with E-state index in [2.05, 4.69) is 10.3 Å². The molecule has 0 unspecified atom stereocenters. The number of methoxy groups -OCH3 is 2. The highest BCUT2D eigenvalue weighted by Gasteiger charge is 2.20. The number of carbonyl (C=O) groups is 2. The zero-order chi connectivity index (χ0) is 15.3. The van der Waals surface area contributed by atoms with E-state index in [-0.39, 0.29) is 23.0 Å². The lowest BCUT2D eigenvalue weighted by Crippen LogP contribution is -2.27. The van der Waals surface area contributed by atoms with E-state index in [1.54, 1.807) is 20.8 Å². The third-order valence-electron chi connectivity index (χ3n) is 2.15. The fourth-order valence-electron chi connectivity index (χ4n) is 1.39. The first kappa shape index (κ1) is 15.7. The molecular weight excluding hydrogens is 264 g/mol. The van der Waals surface area contributed by atoms with Gasteiger partial charge in [-0.15, -0.1) is 0 Å². The van der Waals surface area contributed by atoms with Crippen molar-refractivity contribution in [3.05, 3.63) is 11.6 Å². The summed E-state index contributed by atoms with van der Waals surface area (Å²) in [6, 6.07) is 1.39. The second-order valence-electron chi connectivity index (χ2n) is 4.88. The summed E-state index contributed by atoms with van der Waals surface area (Å²) in [6.07, 6.45) is -0.134. The van der Waals surface area contributed by atoms with Gasteiger partial charge in [-0.1, -0.05) is 0 Å². The topological polar surface area (TPSA) is 86.8 Å². The lowest BCUT2D eigenvalue weighted by Gasteiger charge is -2.20. The van der Waals surface area contributed by atoms with Gasteiger partial charge in [-0.25, -0.2) is 4.79 Å². The Bertz CT molecular complexity index is 508. The van der Waals surface area contributed by atoms with E-state index in [9.17, 15) is 9.59 Å². The van der Waals surface area contributed by atoms with Crippen molar-refractivity contribution in [1.82, 2.24) is 4.98 Å². The van der Waals surface area contributed by atoms with Crippen molar-refractivity contribution in [3.63, 3.8) is 0 Å². The average molecular weight is 282 g/mol. The molecule has 0 aromatic carbocycles. The van der Waals surface area contributed by atoms with E-state index in [0.29, 0.717) is 6.29 Å². The predicted octanol–water partition coefficient (Wildman–Crippen LogP) is 2.26. The molecule has 1 rings (SSSR count). The molecular formula is C13H18N2O5. The maximum atomic E-state index is 11.8. The third kappa shape index (κ3) is 4.11. The van der Waals surface area contributed by atoms with Crippen molar-refractivity contribution in [2.75, 3.05) is 19.5 Å². The van der Waals surface area contributed by atoms with Crippen molar-refractivity contribution in [2.45, 2.75) is 26.4 Å². The van der Waals surface area contributed by atoms with Gasteiger partial charge < -0.3 is 14.2 Å². The quantitative estimate of drug-likeness (QED) is 0.852. The second kappa shape index (κ2) is 6.23. The van der Waals surface area contributed by atoms with Gasteiger partial charge in [0.05, 0.1) is 14.2 Å². The van der Waals surface area contributed by atoms with Crippen molar-refractivity contribution in [1.29, 1.82) is 0 Å². The number of anilines is 1. The van der Waals surface area contributed by atoms with Gasteiger partial charge >= 0.3 is 6.09 Å². The molecule has 1 amide bonds. The predicted molar refractivity (Wildman–Crippen MR) is 72.6 cm³/mol. The van der Waals surface area contributed by atoms with Gasteiger partial charge in [-0.2, -0.15) is 4.98 Å². The molecule has 1 heterocycles. The Morgan fingerprint density at radius 1 is 1.30 bits per heavy atom. The molecule has 110 valence electrons. The van der Waals surface area contributed by atoms with Gasteiger partial charge in [-0.3, -0.25) is 10.1 Å². The van der Waals surface area contributed by atoms with Crippen molar-refractivity contribution >= 4 is 18.1 Å². The third-order valence-corrected chi connectivity index (χ3v) is 2.15. The van der Waals surface area contributed by atoms with Crippen LogP contribution in [0.25, 0.3) is 0 Å². The summed E-state index contributed by atoms with van der Waals surface area (Å²) >= 11 is 0. The highest BCUT2D eigenvalue weighted by Crippen LogP contribution is 2.29. The smallest absolute Gasteiger partial charge is 0.412 e. The Balaban J connectivity index is 3.10. The minimum absolute atomic E-state index is 0.0670. The summed E-state index contributed by atoms with van der Waals surface area (Å²) in [4.78, 5) is 26.8. The first-order chi connectivity index (χ1) is 9.30. The average Bonchev–Trinajstić information content (AvgIpc) is 2.36. The first-order valence-electron chi connectivity index (χ1n) is 5.89. The van der Waals surface area contributed by atoms with Crippen LogP contribution in [0.4, 0.5) is 10.5 Å². The molecule has 0 saturated heterocycles.